The quantitative estimate of drug-likeness (QED) is 0.844. The average molecular weight is 297 g/mol. The van der Waals surface area contributed by atoms with Crippen LogP contribution in [0, 0.1) is 53.3 Å². The summed E-state index contributed by atoms with van der Waals surface area (Å²) in [7, 11) is 0. The normalized spacial score (nSPS) is 24.0. The van der Waals surface area contributed by atoms with Gasteiger partial charge in [0.2, 0.25) is 0 Å². The van der Waals surface area contributed by atoms with Crippen LogP contribution in [0.4, 0.5) is 0 Å². The molecular weight excluding hydrogens is 282 g/mol. The van der Waals surface area contributed by atoms with Crippen molar-refractivity contribution in [3.63, 3.8) is 0 Å². The van der Waals surface area contributed by atoms with Gasteiger partial charge >= 0.3 is 0 Å². The van der Waals surface area contributed by atoms with Crippen molar-refractivity contribution in [3.05, 3.63) is 70.8 Å². The topological polar surface area (TPSA) is 71.4 Å². The summed E-state index contributed by atoms with van der Waals surface area (Å²) >= 11 is 0. The van der Waals surface area contributed by atoms with Gasteiger partial charge in [-0.15, -0.1) is 0 Å². The second-order valence-corrected chi connectivity index (χ2v) is 6.17. The molecule has 3 rings (SSSR count). The molecule has 0 heterocycles. The zero-order chi connectivity index (χ0) is 16.7. The Kier molecular flexibility index (Phi) is 3.21. The van der Waals surface area contributed by atoms with Crippen LogP contribution >= 0.6 is 0 Å². The molecule has 2 aromatic rings. The lowest BCUT2D eigenvalue weighted by atomic mass is 9.86. The van der Waals surface area contributed by atoms with E-state index in [0.29, 0.717) is 0 Å². The summed E-state index contributed by atoms with van der Waals surface area (Å²) in [6.07, 6.45) is 0. The van der Waals surface area contributed by atoms with Gasteiger partial charge in [-0.1, -0.05) is 59.7 Å². The molecule has 0 aliphatic heterocycles. The van der Waals surface area contributed by atoms with E-state index in [9.17, 15) is 15.8 Å². The summed E-state index contributed by atoms with van der Waals surface area (Å²) < 4.78 is 0. The van der Waals surface area contributed by atoms with Gasteiger partial charge in [-0.3, -0.25) is 0 Å². The van der Waals surface area contributed by atoms with E-state index in [0.717, 1.165) is 22.3 Å². The van der Waals surface area contributed by atoms with E-state index < -0.39 is 16.7 Å². The summed E-state index contributed by atoms with van der Waals surface area (Å²) in [5, 5.41) is 29.4. The molecule has 0 bridgehead atoms. The second-order valence-electron chi connectivity index (χ2n) is 6.17. The summed E-state index contributed by atoms with van der Waals surface area (Å²) in [6, 6.07) is 21.9. The zero-order valence-corrected chi connectivity index (χ0v) is 13.0. The highest BCUT2D eigenvalue weighted by Crippen LogP contribution is 2.74. The summed E-state index contributed by atoms with van der Waals surface area (Å²) in [5.41, 5.74) is 1.21. The molecule has 0 aromatic heterocycles. The number of nitrogens with zero attached hydrogens (tertiary/aromatic N) is 3. The fraction of sp³-hybridized carbons (Fsp3) is 0.250. The highest BCUT2D eigenvalue weighted by molar-refractivity contribution is 5.64. The van der Waals surface area contributed by atoms with Crippen LogP contribution in [0.1, 0.15) is 28.2 Å². The molecule has 0 amide bonds. The van der Waals surface area contributed by atoms with Gasteiger partial charge in [0.05, 0.1) is 18.2 Å². The van der Waals surface area contributed by atoms with Crippen LogP contribution in [0.25, 0.3) is 0 Å². The van der Waals surface area contributed by atoms with Crippen LogP contribution in [-0.4, -0.2) is 0 Å². The summed E-state index contributed by atoms with van der Waals surface area (Å²) in [5.74, 6) is -0.433. The number of nitriles is 3. The molecule has 2 atom stereocenters. The molecule has 1 aliphatic carbocycles. The third-order valence-electron chi connectivity index (χ3n) is 4.74. The van der Waals surface area contributed by atoms with Crippen LogP contribution in [0.5, 0.6) is 0 Å². The Balaban J connectivity index is 2.27. The second kappa shape index (κ2) is 4.98. The van der Waals surface area contributed by atoms with Crippen LogP contribution in [0.2, 0.25) is 0 Å². The maximum Gasteiger partial charge on any atom is 0.175 e. The van der Waals surface area contributed by atoms with Gasteiger partial charge in [0.1, 0.15) is 5.41 Å². The Hall–Kier alpha value is -3.09. The first-order valence-corrected chi connectivity index (χ1v) is 7.43. The van der Waals surface area contributed by atoms with Crippen molar-refractivity contribution in [1.82, 2.24) is 0 Å². The molecule has 2 aromatic carbocycles. The molecule has 0 radical (unpaired) electrons. The summed E-state index contributed by atoms with van der Waals surface area (Å²) in [4.78, 5) is 0. The SMILES string of the molecule is Cc1cc(C)cc([C@]2(C#N)[C@@H](c3ccccc3)C2(C#N)C#N)c1. The van der Waals surface area contributed by atoms with Crippen molar-refractivity contribution in [3.8, 4) is 18.2 Å². The average Bonchev–Trinajstić information content (AvgIpc) is 3.18. The molecule has 0 saturated heterocycles. The minimum atomic E-state index is -1.34. The van der Waals surface area contributed by atoms with Gasteiger partial charge in [-0.2, -0.15) is 15.8 Å². The third-order valence-corrected chi connectivity index (χ3v) is 4.74. The lowest BCUT2D eigenvalue weighted by Gasteiger charge is -2.12. The largest absolute Gasteiger partial charge is 0.197 e. The molecule has 1 saturated carbocycles. The van der Waals surface area contributed by atoms with Gasteiger partial charge in [-0.25, -0.2) is 0 Å². The summed E-state index contributed by atoms with van der Waals surface area (Å²) in [6.45, 7) is 3.92. The number of hydrogen-bond donors (Lipinski definition) is 0. The smallest absolute Gasteiger partial charge is 0.175 e. The Bertz CT molecular complexity index is 859. The first-order valence-electron chi connectivity index (χ1n) is 7.43. The minimum Gasteiger partial charge on any atom is -0.197 e. The molecule has 0 spiro atoms. The minimum absolute atomic E-state index is 0.433. The van der Waals surface area contributed by atoms with Crippen molar-refractivity contribution in [2.45, 2.75) is 25.2 Å². The van der Waals surface area contributed by atoms with Crippen molar-refractivity contribution >= 4 is 0 Å². The Morgan fingerprint density at radius 2 is 1.39 bits per heavy atom. The monoisotopic (exact) mass is 297 g/mol. The fourth-order valence-corrected chi connectivity index (χ4v) is 3.76. The van der Waals surface area contributed by atoms with Crippen molar-refractivity contribution in [1.29, 1.82) is 15.8 Å². The zero-order valence-electron chi connectivity index (χ0n) is 13.0. The molecule has 1 fully saturated rings. The Morgan fingerprint density at radius 1 is 0.826 bits per heavy atom. The number of rotatable bonds is 2. The Labute approximate surface area is 136 Å². The van der Waals surface area contributed by atoms with E-state index in [4.69, 9.17) is 0 Å². The number of aryl methyl sites for hydroxylation is 2. The fourth-order valence-electron chi connectivity index (χ4n) is 3.76. The van der Waals surface area contributed by atoms with Gasteiger partial charge in [0, 0.05) is 5.92 Å². The molecule has 1 aliphatic rings. The molecular formula is C20H15N3. The Morgan fingerprint density at radius 3 is 1.87 bits per heavy atom. The lowest BCUT2D eigenvalue weighted by Crippen LogP contribution is -2.15. The van der Waals surface area contributed by atoms with E-state index in [1.165, 1.54) is 0 Å². The van der Waals surface area contributed by atoms with Crippen molar-refractivity contribution in [2.75, 3.05) is 0 Å². The highest BCUT2D eigenvalue weighted by Gasteiger charge is 2.81. The van der Waals surface area contributed by atoms with Crippen molar-refractivity contribution < 1.29 is 0 Å². The maximum atomic E-state index is 9.97. The van der Waals surface area contributed by atoms with E-state index in [2.05, 4.69) is 18.2 Å². The first kappa shape index (κ1) is 14.8. The molecule has 110 valence electrons. The predicted octanol–water partition coefficient (Wildman–Crippen LogP) is 3.90. The third kappa shape index (κ3) is 1.79. The van der Waals surface area contributed by atoms with Crippen molar-refractivity contribution in [2.24, 2.45) is 5.41 Å². The van der Waals surface area contributed by atoms with Crippen LogP contribution in [0.3, 0.4) is 0 Å². The molecule has 3 heteroatoms. The predicted molar refractivity (Wildman–Crippen MR) is 86.0 cm³/mol. The molecule has 23 heavy (non-hydrogen) atoms. The van der Waals surface area contributed by atoms with E-state index in [1.54, 1.807) is 0 Å². The lowest BCUT2D eigenvalue weighted by molar-refractivity contribution is 0.741. The maximum absolute atomic E-state index is 9.97. The van der Waals surface area contributed by atoms with Gasteiger partial charge in [0.25, 0.3) is 0 Å². The number of benzene rings is 2. The highest BCUT2D eigenvalue weighted by atomic mass is 14.8. The van der Waals surface area contributed by atoms with E-state index in [1.807, 2.05) is 62.4 Å². The van der Waals surface area contributed by atoms with Gasteiger partial charge in [-0.05, 0) is 25.0 Å². The van der Waals surface area contributed by atoms with E-state index >= 15 is 0 Å². The molecule has 0 N–H and O–H groups in total. The molecule has 3 nitrogen and oxygen atoms in total. The van der Waals surface area contributed by atoms with Gasteiger partial charge < -0.3 is 0 Å². The first-order chi connectivity index (χ1) is 11.1. The van der Waals surface area contributed by atoms with Crippen LogP contribution in [-0.2, 0) is 5.41 Å². The molecule has 0 unspecified atom stereocenters. The van der Waals surface area contributed by atoms with Gasteiger partial charge in [0.15, 0.2) is 5.41 Å². The van der Waals surface area contributed by atoms with Crippen LogP contribution in [0.15, 0.2) is 48.5 Å². The number of hydrogen-bond acceptors (Lipinski definition) is 3. The van der Waals surface area contributed by atoms with E-state index in [-0.39, 0.29) is 0 Å². The van der Waals surface area contributed by atoms with Crippen LogP contribution < -0.4 is 0 Å². The standard InChI is InChI=1S/C20H15N3/c1-14-8-15(2)10-17(9-14)20(13-23)18(19(20,11-21)12-22)16-6-4-3-5-7-16/h3-10,18H,1-2H3/t18-,20+/m0/s1.